The molecule has 0 aliphatic carbocycles. The van der Waals surface area contributed by atoms with E-state index in [9.17, 15) is 4.79 Å². The SMILES string of the molecule is CCOc1cc2c(cc1OCC)CN(C(=O)c1cc3c(C)nn(C)c3s1)CC2. The lowest BCUT2D eigenvalue weighted by molar-refractivity contribution is 0.0739. The van der Waals surface area contributed by atoms with E-state index < -0.39 is 0 Å². The smallest absolute Gasteiger partial charge is 0.264 e. The monoisotopic (exact) mass is 399 g/mol. The molecule has 0 spiro atoms. The van der Waals surface area contributed by atoms with Crippen molar-refractivity contribution in [1.82, 2.24) is 14.7 Å². The normalized spacial score (nSPS) is 13.6. The molecule has 0 atom stereocenters. The second kappa shape index (κ2) is 7.47. The summed E-state index contributed by atoms with van der Waals surface area (Å²) in [5.41, 5.74) is 3.32. The molecule has 0 bridgehead atoms. The Kier molecular flexibility index (Phi) is 5.02. The third-order valence-corrected chi connectivity index (χ3v) is 6.26. The molecule has 1 amide bonds. The fourth-order valence-electron chi connectivity index (χ4n) is 3.74. The first-order valence-electron chi connectivity index (χ1n) is 9.65. The van der Waals surface area contributed by atoms with Crippen LogP contribution in [0.1, 0.15) is 40.3 Å². The van der Waals surface area contributed by atoms with Gasteiger partial charge in [0.15, 0.2) is 11.5 Å². The highest BCUT2D eigenvalue weighted by Crippen LogP contribution is 2.35. The lowest BCUT2D eigenvalue weighted by Crippen LogP contribution is -2.35. The van der Waals surface area contributed by atoms with Crippen LogP contribution in [0.3, 0.4) is 0 Å². The van der Waals surface area contributed by atoms with Crippen LogP contribution in [-0.2, 0) is 20.0 Å². The topological polar surface area (TPSA) is 56.6 Å². The molecule has 148 valence electrons. The van der Waals surface area contributed by atoms with Gasteiger partial charge in [0.1, 0.15) is 4.83 Å². The molecular formula is C21H25N3O3S. The van der Waals surface area contributed by atoms with Gasteiger partial charge in [-0.3, -0.25) is 9.48 Å². The third kappa shape index (κ3) is 3.24. The minimum absolute atomic E-state index is 0.0816. The van der Waals surface area contributed by atoms with Crippen LogP contribution in [0.25, 0.3) is 10.2 Å². The molecule has 1 aliphatic heterocycles. The maximum absolute atomic E-state index is 13.1. The molecular weight excluding hydrogens is 374 g/mol. The van der Waals surface area contributed by atoms with E-state index in [0.29, 0.717) is 26.3 Å². The molecule has 0 N–H and O–H groups in total. The molecule has 3 heterocycles. The molecule has 1 aliphatic rings. The lowest BCUT2D eigenvalue weighted by Gasteiger charge is -2.29. The van der Waals surface area contributed by atoms with E-state index in [1.54, 1.807) is 0 Å². The molecule has 7 heteroatoms. The number of ether oxygens (including phenoxy) is 2. The number of carbonyl (C=O) groups is 1. The summed E-state index contributed by atoms with van der Waals surface area (Å²) >= 11 is 1.51. The zero-order valence-corrected chi connectivity index (χ0v) is 17.6. The Morgan fingerprint density at radius 2 is 1.82 bits per heavy atom. The summed E-state index contributed by atoms with van der Waals surface area (Å²) in [6.45, 7) is 8.39. The fourth-order valence-corrected chi connectivity index (χ4v) is 4.83. The zero-order chi connectivity index (χ0) is 19.8. The van der Waals surface area contributed by atoms with Crippen LogP contribution in [0.4, 0.5) is 0 Å². The standard InChI is InChI=1S/C21H25N3O3S/c1-5-26-17-9-14-7-8-24(12-15(14)10-18(17)27-6-2)20(25)19-11-16-13(3)22-23(4)21(16)28-19/h9-11H,5-8,12H2,1-4H3. The number of carbonyl (C=O) groups excluding carboxylic acids is 1. The van der Waals surface area contributed by atoms with E-state index in [-0.39, 0.29) is 5.91 Å². The van der Waals surface area contributed by atoms with Crippen molar-refractivity contribution >= 4 is 27.5 Å². The predicted octanol–water partition coefficient (Wildman–Crippen LogP) is 3.94. The van der Waals surface area contributed by atoms with Crippen molar-refractivity contribution in [3.05, 3.63) is 39.9 Å². The average molecular weight is 400 g/mol. The van der Waals surface area contributed by atoms with Gasteiger partial charge in [-0.2, -0.15) is 5.10 Å². The van der Waals surface area contributed by atoms with Crippen molar-refractivity contribution in [3.63, 3.8) is 0 Å². The van der Waals surface area contributed by atoms with Crippen molar-refractivity contribution in [1.29, 1.82) is 0 Å². The molecule has 1 aromatic carbocycles. The first-order valence-corrected chi connectivity index (χ1v) is 10.5. The molecule has 0 unspecified atom stereocenters. The van der Waals surface area contributed by atoms with Crippen LogP contribution < -0.4 is 9.47 Å². The average Bonchev–Trinajstić information content (AvgIpc) is 3.23. The summed E-state index contributed by atoms with van der Waals surface area (Å²) in [6, 6.07) is 6.08. The van der Waals surface area contributed by atoms with Gasteiger partial charge in [0, 0.05) is 25.5 Å². The minimum atomic E-state index is 0.0816. The van der Waals surface area contributed by atoms with Gasteiger partial charge in [0.05, 0.1) is 23.8 Å². The van der Waals surface area contributed by atoms with E-state index in [0.717, 1.165) is 44.3 Å². The Balaban J connectivity index is 1.60. The number of benzene rings is 1. The number of rotatable bonds is 5. The number of aromatic nitrogens is 2. The van der Waals surface area contributed by atoms with Crippen LogP contribution in [0.15, 0.2) is 18.2 Å². The molecule has 0 radical (unpaired) electrons. The maximum Gasteiger partial charge on any atom is 0.264 e. The van der Waals surface area contributed by atoms with Crippen molar-refractivity contribution in [2.24, 2.45) is 7.05 Å². The van der Waals surface area contributed by atoms with E-state index in [4.69, 9.17) is 9.47 Å². The highest BCUT2D eigenvalue weighted by molar-refractivity contribution is 7.20. The number of thiophene rings is 1. The Hall–Kier alpha value is -2.54. The summed E-state index contributed by atoms with van der Waals surface area (Å²) in [6.07, 6.45) is 0.818. The minimum Gasteiger partial charge on any atom is -0.490 e. The highest BCUT2D eigenvalue weighted by Gasteiger charge is 2.26. The second-order valence-electron chi connectivity index (χ2n) is 6.95. The van der Waals surface area contributed by atoms with Crippen LogP contribution in [0.2, 0.25) is 0 Å². The molecule has 28 heavy (non-hydrogen) atoms. The van der Waals surface area contributed by atoms with Crippen molar-refractivity contribution in [2.45, 2.75) is 33.7 Å². The molecule has 0 fully saturated rings. The summed E-state index contributed by atoms with van der Waals surface area (Å²) in [4.78, 5) is 16.9. The lowest BCUT2D eigenvalue weighted by atomic mass is 9.98. The van der Waals surface area contributed by atoms with Crippen LogP contribution in [0.5, 0.6) is 11.5 Å². The summed E-state index contributed by atoms with van der Waals surface area (Å²) in [5, 5.41) is 5.48. The maximum atomic E-state index is 13.1. The van der Waals surface area contributed by atoms with Gasteiger partial charge in [-0.15, -0.1) is 11.3 Å². The van der Waals surface area contributed by atoms with Crippen LogP contribution in [-0.4, -0.2) is 40.3 Å². The first-order chi connectivity index (χ1) is 13.5. The fraction of sp³-hybridized carbons (Fsp3) is 0.429. The van der Waals surface area contributed by atoms with Gasteiger partial charge in [0.2, 0.25) is 0 Å². The Bertz CT molecular complexity index is 1000. The van der Waals surface area contributed by atoms with Gasteiger partial charge in [0.25, 0.3) is 5.91 Å². The van der Waals surface area contributed by atoms with Gasteiger partial charge in [-0.1, -0.05) is 0 Å². The summed E-state index contributed by atoms with van der Waals surface area (Å²) in [7, 11) is 1.92. The largest absolute Gasteiger partial charge is 0.490 e. The number of nitrogens with zero attached hydrogens (tertiary/aromatic N) is 3. The van der Waals surface area contributed by atoms with Gasteiger partial charge in [-0.25, -0.2) is 0 Å². The highest BCUT2D eigenvalue weighted by atomic mass is 32.1. The quantitative estimate of drug-likeness (QED) is 0.652. The van der Waals surface area contributed by atoms with E-state index in [1.165, 1.54) is 16.9 Å². The van der Waals surface area contributed by atoms with Crippen LogP contribution in [0, 0.1) is 6.92 Å². The zero-order valence-electron chi connectivity index (χ0n) is 16.7. The number of fused-ring (bicyclic) bond motifs is 2. The molecule has 3 aromatic rings. The van der Waals surface area contributed by atoms with Crippen molar-refractivity contribution in [2.75, 3.05) is 19.8 Å². The molecule has 6 nitrogen and oxygen atoms in total. The Morgan fingerprint density at radius 1 is 1.14 bits per heavy atom. The molecule has 2 aromatic heterocycles. The summed E-state index contributed by atoms with van der Waals surface area (Å²) in [5.74, 6) is 1.62. The Morgan fingerprint density at radius 3 is 2.46 bits per heavy atom. The van der Waals surface area contributed by atoms with E-state index in [1.807, 2.05) is 49.5 Å². The predicted molar refractivity (Wildman–Crippen MR) is 111 cm³/mol. The van der Waals surface area contributed by atoms with Crippen molar-refractivity contribution in [3.8, 4) is 11.5 Å². The molecule has 0 saturated carbocycles. The van der Waals surface area contributed by atoms with Crippen LogP contribution >= 0.6 is 11.3 Å². The summed E-state index contributed by atoms with van der Waals surface area (Å²) < 4.78 is 13.3. The molecule has 4 rings (SSSR count). The van der Waals surface area contributed by atoms with E-state index >= 15 is 0 Å². The first kappa shape index (κ1) is 18.8. The number of amides is 1. The second-order valence-corrected chi connectivity index (χ2v) is 7.98. The third-order valence-electron chi connectivity index (χ3n) is 5.07. The number of hydrogen-bond acceptors (Lipinski definition) is 5. The molecule has 0 saturated heterocycles. The number of hydrogen-bond donors (Lipinski definition) is 0. The van der Waals surface area contributed by atoms with Crippen molar-refractivity contribution < 1.29 is 14.3 Å². The number of aryl methyl sites for hydroxylation is 2. The van der Waals surface area contributed by atoms with Gasteiger partial charge < -0.3 is 14.4 Å². The van der Waals surface area contributed by atoms with E-state index in [2.05, 4.69) is 11.2 Å². The Labute approximate surface area is 168 Å². The van der Waals surface area contributed by atoms with Gasteiger partial charge >= 0.3 is 0 Å². The van der Waals surface area contributed by atoms with Gasteiger partial charge in [-0.05, 0) is 56.5 Å².